The summed E-state index contributed by atoms with van der Waals surface area (Å²) in [5, 5.41) is 5.60. The molecule has 0 spiro atoms. The van der Waals surface area contributed by atoms with Crippen molar-refractivity contribution in [2.45, 2.75) is 18.9 Å². The van der Waals surface area contributed by atoms with Crippen LogP contribution in [0.2, 0.25) is 0 Å². The monoisotopic (exact) mass is 462 g/mol. The molecule has 1 fully saturated rings. The number of aromatic nitrogens is 4. The van der Waals surface area contributed by atoms with E-state index in [2.05, 4.69) is 9.97 Å². The van der Waals surface area contributed by atoms with Gasteiger partial charge in [0.1, 0.15) is 35.2 Å². The van der Waals surface area contributed by atoms with Crippen molar-refractivity contribution in [3.05, 3.63) is 60.9 Å². The normalized spacial score (nSPS) is 16.2. The molecule has 0 bridgehead atoms. The molecule has 1 amide bonds. The molecule has 4 aromatic rings. The molecule has 0 radical (unpaired) electrons. The third-order valence-electron chi connectivity index (χ3n) is 5.83. The van der Waals surface area contributed by atoms with Crippen molar-refractivity contribution in [1.82, 2.24) is 24.6 Å². The Balaban J connectivity index is 1.49. The summed E-state index contributed by atoms with van der Waals surface area (Å²) in [6, 6.07) is 17.3. The highest BCUT2D eigenvalue weighted by molar-refractivity contribution is 6.27. The van der Waals surface area contributed by atoms with E-state index < -0.39 is 0 Å². The second-order valence-electron chi connectivity index (χ2n) is 7.96. The summed E-state index contributed by atoms with van der Waals surface area (Å²) < 4.78 is 7.78. The van der Waals surface area contributed by atoms with Crippen LogP contribution in [-0.4, -0.2) is 49.5 Å². The Kier molecular flexibility index (Phi) is 5.83. The lowest BCUT2D eigenvalue weighted by Crippen LogP contribution is -2.41. The number of hydrogen-bond acceptors (Lipinski definition) is 6. The predicted molar refractivity (Wildman–Crippen MR) is 127 cm³/mol. The fraction of sp³-hybridized carbons (Fsp3) is 0.250. The van der Waals surface area contributed by atoms with Crippen LogP contribution < -0.4 is 10.5 Å². The van der Waals surface area contributed by atoms with Crippen molar-refractivity contribution >= 4 is 34.4 Å². The molecule has 2 aromatic carbocycles. The molecule has 1 aliphatic heterocycles. The number of nitrogens with two attached hydrogens (primary N) is 1. The molecule has 2 N–H and O–H groups in total. The maximum atomic E-state index is 12.2. The number of amides is 1. The van der Waals surface area contributed by atoms with E-state index >= 15 is 0 Å². The van der Waals surface area contributed by atoms with Crippen LogP contribution in [0.4, 0.5) is 5.82 Å². The van der Waals surface area contributed by atoms with E-state index in [1.165, 1.54) is 6.33 Å². The highest BCUT2D eigenvalue weighted by Gasteiger charge is 2.28. The topological polar surface area (TPSA) is 99.2 Å². The van der Waals surface area contributed by atoms with E-state index in [4.69, 9.17) is 27.2 Å². The van der Waals surface area contributed by atoms with E-state index in [1.54, 1.807) is 4.90 Å². The Hall–Kier alpha value is -3.65. The Morgan fingerprint density at radius 2 is 1.85 bits per heavy atom. The van der Waals surface area contributed by atoms with Crippen molar-refractivity contribution in [1.29, 1.82) is 0 Å². The van der Waals surface area contributed by atoms with Crippen molar-refractivity contribution < 1.29 is 9.53 Å². The molecule has 0 unspecified atom stereocenters. The molecule has 3 heterocycles. The van der Waals surface area contributed by atoms with E-state index in [1.807, 2.05) is 59.3 Å². The Labute approximate surface area is 196 Å². The van der Waals surface area contributed by atoms with Gasteiger partial charge in [0.05, 0.1) is 11.4 Å². The van der Waals surface area contributed by atoms with Crippen molar-refractivity contribution in [3.63, 3.8) is 0 Å². The molecule has 1 atom stereocenters. The quantitative estimate of drug-likeness (QED) is 0.444. The van der Waals surface area contributed by atoms with E-state index in [9.17, 15) is 4.79 Å². The first-order valence-corrected chi connectivity index (χ1v) is 11.3. The molecular weight excluding hydrogens is 440 g/mol. The van der Waals surface area contributed by atoms with Crippen LogP contribution in [0.3, 0.4) is 0 Å². The van der Waals surface area contributed by atoms with Crippen LogP contribution >= 0.6 is 11.6 Å². The number of nitrogens with zero attached hydrogens (tertiary/aromatic N) is 5. The van der Waals surface area contributed by atoms with Crippen LogP contribution in [0, 0.1) is 0 Å². The van der Waals surface area contributed by atoms with Crippen LogP contribution in [0.5, 0.6) is 11.5 Å². The number of likely N-dealkylation sites (tertiary alicyclic amines) is 1. The number of rotatable bonds is 5. The number of alkyl halides is 1. The zero-order valence-corrected chi connectivity index (χ0v) is 18.7. The van der Waals surface area contributed by atoms with Crippen LogP contribution in [-0.2, 0) is 4.79 Å². The van der Waals surface area contributed by atoms with Gasteiger partial charge in [-0.1, -0.05) is 18.2 Å². The standard InChI is InChI=1S/C24H23ClN6O2/c25-13-20(32)30-12-4-5-17(14-30)31-24-21(23(26)27-15-28-24)22(29-31)16-8-10-19(11-9-16)33-18-6-2-1-3-7-18/h1-3,6-11,15,17H,4-5,12-14H2,(H2,26,27,28)/t17-/m0/s1. The van der Waals surface area contributed by atoms with Gasteiger partial charge in [-0.2, -0.15) is 5.10 Å². The Bertz CT molecular complexity index is 1280. The van der Waals surface area contributed by atoms with Gasteiger partial charge >= 0.3 is 0 Å². The average molecular weight is 463 g/mol. The smallest absolute Gasteiger partial charge is 0.237 e. The Morgan fingerprint density at radius 1 is 1.09 bits per heavy atom. The van der Waals surface area contributed by atoms with Gasteiger partial charge in [0.2, 0.25) is 5.91 Å². The zero-order valence-electron chi connectivity index (χ0n) is 17.9. The number of carbonyl (C=O) groups excluding carboxylic acids is 1. The predicted octanol–water partition coefficient (Wildman–Crippen LogP) is 4.27. The SMILES string of the molecule is Nc1ncnc2c1c(-c1ccc(Oc3ccccc3)cc1)nn2[C@H]1CCCN(C(=O)CCl)C1. The van der Waals surface area contributed by atoms with Gasteiger partial charge in [-0.3, -0.25) is 4.79 Å². The minimum Gasteiger partial charge on any atom is -0.457 e. The van der Waals surface area contributed by atoms with Crippen LogP contribution in [0.1, 0.15) is 18.9 Å². The summed E-state index contributed by atoms with van der Waals surface area (Å²) in [6.07, 6.45) is 3.20. The minimum atomic E-state index is -0.0683. The molecule has 2 aromatic heterocycles. The second-order valence-corrected chi connectivity index (χ2v) is 8.23. The number of halogens is 1. The number of carbonyl (C=O) groups is 1. The number of hydrogen-bond donors (Lipinski definition) is 1. The first kappa shape index (κ1) is 21.2. The number of anilines is 1. The fourth-order valence-electron chi connectivity index (χ4n) is 4.22. The molecule has 8 nitrogen and oxygen atoms in total. The third kappa shape index (κ3) is 4.21. The largest absolute Gasteiger partial charge is 0.457 e. The molecule has 9 heteroatoms. The molecule has 0 aliphatic carbocycles. The highest BCUT2D eigenvalue weighted by atomic mass is 35.5. The summed E-state index contributed by atoms with van der Waals surface area (Å²) in [5.41, 5.74) is 8.50. The van der Waals surface area contributed by atoms with Gasteiger partial charge in [0, 0.05) is 18.7 Å². The molecule has 1 aliphatic rings. The maximum Gasteiger partial charge on any atom is 0.237 e. The first-order valence-electron chi connectivity index (χ1n) is 10.8. The van der Waals surface area contributed by atoms with Crippen LogP contribution in [0.25, 0.3) is 22.3 Å². The summed E-state index contributed by atoms with van der Waals surface area (Å²) in [4.78, 5) is 22.6. The van der Waals surface area contributed by atoms with Crippen LogP contribution in [0.15, 0.2) is 60.9 Å². The summed E-state index contributed by atoms with van der Waals surface area (Å²) in [5.74, 6) is 1.77. The van der Waals surface area contributed by atoms with Gasteiger partial charge < -0.3 is 15.4 Å². The summed E-state index contributed by atoms with van der Waals surface area (Å²) in [6.45, 7) is 1.24. The van der Waals surface area contributed by atoms with Gasteiger partial charge in [-0.25, -0.2) is 14.6 Å². The fourth-order valence-corrected chi connectivity index (χ4v) is 4.39. The molecule has 5 rings (SSSR count). The average Bonchev–Trinajstić information content (AvgIpc) is 3.26. The maximum absolute atomic E-state index is 12.2. The van der Waals surface area contributed by atoms with Crippen molar-refractivity contribution in [2.75, 3.05) is 24.7 Å². The summed E-state index contributed by atoms with van der Waals surface area (Å²) >= 11 is 5.78. The molecule has 1 saturated heterocycles. The number of para-hydroxylation sites is 1. The lowest BCUT2D eigenvalue weighted by Gasteiger charge is -2.32. The van der Waals surface area contributed by atoms with Gasteiger partial charge in [-0.15, -0.1) is 11.6 Å². The number of fused-ring (bicyclic) bond motifs is 1. The molecule has 0 saturated carbocycles. The number of piperidine rings is 1. The lowest BCUT2D eigenvalue weighted by atomic mass is 10.1. The van der Waals surface area contributed by atoms with Gasteiger partial charge in [-0.05, 0) is 49.2 Å². The number of nitrogen functional groups attached to an aromatic ring is 1. The zero-order chi connectivity index (χ0) is 22.8. The number of ether oxygens (including phenoxy) is 1. The lowest BCUT2D eigenvalue weighted by molar-refractivity contribution is -0.130. The molecule has 33 heavy (non-hydrogen) atoms. The first-order chi connectivity index (χ1) is 16.1. The highest BCUT2D eigenvalue weighted by Crippen LogP contribution is 2.34. The Morgan fingerprint density at radius 3 is 2.61 bits per heavy atom. The van der Waals surface area contributed by atoms with E-state index in [0.717, 1.165) is 29.9 Å². The van der Waals surface area contributed by atoms with Crippen molar-refractivity contribution in [3.8, 4) is 22.8 Å². The number of benzene rings is 2. The van der Waals surface area contributed by atoms with E-state index in [0.29, 0.717) is 35.6 Å². The molecular formula is C24H23ClN6O2. The van der Waals surface area contributed by atoms with Gasteiger partial charge in [0.25, 0.3) is 0 Å². The molecule has 168 valence electrons. The van der Waals surface area contributed by atoms with E-state index in [-0.39, 0.29) is 17.8 Å². The van der Waals surface area contributed by atoms with Gasteiger partial charge in [0.15, 0.2) is 5.65 Å². The third-order valence-corrected chi connectivity index (χ3v) is 6.06. The summed E-state index contributed by atoms with van der Waals surface area (Å²) in [7, 11) is 0. The second kappa shape index (κ2) is 9.07. The van der Waals surface area contributed by atoms with Crippen molar-refractivity contribution in [2.24, 2.45) is 0 Å². The minimum absolute atomic E-state index is 0.0165.